The predicted molar refractivity (Wildman–Crippen MR) is 74.1 cm³/mol. The molecule has 0 fully saturated rings. The van der Waals surface area contributed by atoms with E-state index in [1.54, 1.807) is 5.38 Å². The first kappa shape index (κ1) is 14.3. The fourth-order valence-corrected chi connectivity index (χ4v) is 2.54. The number of fused-ring (bicyclic) bond motifs is 1. The molecule has 0 radical (unpaired) electrons. The number of aromatic nitrogens is 3. The van der Waals surface area contributed by atoms with Gasteiger partial charge >= 0.3 is 5.97 Å². The molecule has 3 rings (SSSR count). The fraction of sp³-hybridized carbons (Fsp3) is 0.0769. The van der Waals surface area contributed by atoms with Crippen molar-refractivity contribution in [3.63, 3.8) is 0 Å². The van der Waals surface area contributed by atoms with Crippen LogP contribution in [0.1, 0.15) is 16.1 Å². The van der Waals surface area contributed by atoms with E-state index >= 15 is 0 Å². The number of hydrogen-bond donors (Lipinski definition) is 1. The lowest BCUT2D eigenvalue weighted by molar-refractivity contribution is 0.0695. The molecule has 0 aliphatic rings. The molecule has 0 amide bonds. The number of benzene rings is 1. The Morgan fingerprint density at radius 3 is 2.68 bits per heavy atom. The number of rotatable bonds is 3. The van der Waals surface area contributed by atoms with Gasteiger partial charge in [0.25, 0.3) is 0 Å². The Labute approximate surface area is 125 Å². The van der Waals surface area contributed by atoms with Gasteiger partial charge in [-0.3, -0.25) is 4.79 Å². The van der Waals surface area contributed by atoms with Crippen LogP contribution in [0.2, 0.25) is 0 Å². The maximum absolute atomic E-state index is 13.5. The van der Waals surface area contributed by atoms with Crippen LogP contribution in [0.3, 0.4) is 0 Å². The summed E-state index contributed by atoms with van der Waals surface area (Å²) in [6.07, 6.45) is 1.09. The van der Waals surface area contributed by atoms with E-state index in [1.165, 1.54) is 4.57 Å². The van der Waals surface area contributed by atoms with E-state index in [0.717, 1.165) is 23.8 Å². The monoisotopic (exact) mass is 323 g/mol. The average molecular weight is 323 g/mol. The van der Waals surface area contributed by atoms with Crippen molar-refractivity contribution in [1.29, 1.82) is 0 Å². The highest BCUT2D eigenvalue weighted by Gasteiger charge is 2.17. The Morgan fingerprint density at radius 1 is 1.32 bits per heavy atom. The summed E-state index contributed by atoms with van der Waals surface area (Å²) in [6, 6.07) is 1.56. The molecule has 6 nitrogen and oxygen atoms in total. The van der Waals surface area contributed by atoms with E-state index in [0.29, 0.717) is 11.8 Å². The van der Waals surface area contributed by atoms with Crippen LogP contribution >= 0.6 is 11.5 Å². The van der Waals surface area contributed by atoms with Crippen molar-refractivity contribution < 1.29 is 18.7 Å². The van der Waals surface area contributed by atoms with Crippen LogP contribution in [0, 0.1) is 11.6 Å². The first-order valence-corrected chi connectivity index (χ1v) is 6.82. The van der Waals surface area contributed by atoms with Crippen LogP contribution in [-0.2, 0) is 6.54 Å². The lowest BCUT2D eigenvalue weighted by Crippen LogP contribution is -2.19. The van der Waals surface area contributed by atoms with Crippen molar-refractivity contribution >= 4 is 28.4 Å². The Kier molecular flexibility index (Phi) is 3.41. The molecule has 112 valence electrons. The van der Waals surface area contributed by atoms with Crippen LogP contribution in [-0.4, -0.2) is 25.2 Å². The van der Waals surface area contributed by atoms with Gasteiger partial charge in [0.05, 0.1) is 17.8 Å². The Balaban J connectivity index is 2.33. The number of halogens is 2. The van der Waals surface area contributed by atoms with E-state index < -0.39 is 28.6 Å². The summed E-state index contributed by atoms with van der Waals surface area (Å²) >= 11 is 1.10. The molecule has 0 saturated carbocycles. The predicted octanol–water partition coefficient (Wildman–Crippen LogP) is 1.88. The van der Waals surface area contributed by atoms with E-state index in [-0.39, 0.29) is 17.4 Å². The molecule has 2 heterocycles. The van der Waals surface area contributed by atoms with Crippen molar-refractivity contribution in [2.24, 2.45) is 0 Å². The molecule has 2 aromatic heterocycles. The summed E-state index contributed by atoms with van der Waals surface area (Å²) in [5.41, 5.74) is -0.798. The smallest absolute Gasteiger partial charge is 0.341 e. The SMILES string of the molecule is O=C(O)c1cn(Cc2csnn2)c2cc(F)c(F)cc2c1=O. The van der Waals surface area contributed by atoms with E-state index in [9.17, 15) is 18.4 Å². The van der Waals surface area contributed by atoms with Crippen LogP contribution in [0.25, 0.3) is 10.9 Å². The highest BCUT2D eigenvalue weighted by molar-refractivity contribution is 7.03. The van der Waals surface area contributed by atoms with Crippen LogP contribution in [0.15, 0.2) is 28.5 Å². The minimum Gasteiger partial charge on any atom is -0.477 e. The molecule has 0 atom stereocenters. The number of carboxylic acids is 1. The lowest BCUT2D eigenvalue weighted by atomic mass is 10.1. The van der Waals surface area contributed by atoms with Crippen molar-refractivity contribution in [2.75, 3.05) is 0 Å². The second kappa shape index (κ2) is 5.26. The molecule has 0 bridgehead atoms. The van der Waals surface area contributed by atoms with Gasteiger partial charge in [-0.1, -0.05) is 4.49 Å². The van der Waals surface area contributed by atoms with Gasteiger partial charge in [0.2, 0.25) is 5.43 Å². The first-order valence-electron chi connectivity index (χ1n) is 5.99. The molecule has 1 N–H and O–H groups in total. The molecule has 0 aliphatic carbocycles. The molecule has 0 saturated heterocycles. The zero-order valence-corrected chi connectivity index (χ0v) is 11.6. The zero-order chi connectivity index (χ0) is 15.9. The molecular weight excluding hydrogens is 316 g/mol. The second-order valence-electron chi connectivity index (χ2n) is 4.48. The van der Waals surface area contributed by atoms with Gasteiger partial charge in [0.1, 0.15) is 5.56 Å². The summed E-state index contributed by atoms with van der Waals surface area (Å²) in [4.78, 5) is 23.2. The Morgan fingerprint density at radius 2 is 2.05 bits per heavy atom. The highest BCUT2D eigenvalue weighted by atomic mass is 32.1. The lowest BCUT2D eigenvalue weighted by Gasteiger charge is -2.11. The average Bonchev–Trinajstić information content (AvgIpc) is 2.96. The number of carbonyl (C=O) groups is 1. The van der Waals surface area contributed by atoms with Gasteiger partial charge in [-0.05, 0) is 17.6 Å². The fourth-order valence-electron chi connectivity index (χ4n) is 2.10. The Bertz CT molecular complexity index is 938. The van der Waals surface area contributed by atoms with Crippen LogP contribution in [0.4, 0.5) is 8.78 Å². The van der Waals surface area contributed by atoms with Gasteiger partial charge in [0, 0.05) is 23.0 Å². The molecule has 0 unspecified atom stereocenters. The summed E-state index contributed by atoms with van der Waals surface area (Å²) in [7, 11) is 0. The summed E-state index contributed by atoms with van der Waals surface area (Å²) in [6.45, 7) is 0.0820. The maximum atomic E-state index is 13.5. The molecule has 9 heteroatoms. The minimum absolute atomic E-state index is 0.0820. The third-order valence-corrected chi connectivity index (χ3v) is 3.64. The largest absolute Gasteiger partial charge is 0.477 e. The first-order chi connectivity index (χ1) is 10.5. The number of pyridine rings is 1. The zero-order valence-electron chi connectivity index (χ0n) is 10.8. The normalized spacial score (nSPS) is 11.0. The minimum atomic E-state index is -1.44. The highest BCUT2D eigenvalue weighted by Crippen LogP contribution is 2.18. The topological polar surface area (TPSA) is 85.1 Å². The van der Waals surface area contributed by atoms with E-state index in [2.05, 4.69) is 9.59 Å². The van der Waals surface area contributed by atoms with Gasteiger partial charge < -0.3 is 9.67 Å². The molecule has 0 aliphatic heterocycles. The van der Waals surface area contributed by atoms with Gasteiger partial charge in [-0.15, -0.1) is 5.10 Å². The maximum Gasteiger partial charge on any atom is 0.341 e. The molecule has 3 aromatic rings. The number of aromatic carboxylic acids is 1. The number of nitrogens with zero attached hydrogens (tertiary/aromatic N) is 3. The molecule has 1 aromatic carbocycles. The summed E-state index contributed by atoms with van der Waals surface area (Å²) in [5.74, 6) is -3.78. The van der Waals surface area contributed by atoms with Gasteiger partial charge in [-0.2, -0.15) is 0 Å². The molecule has 22 heavy (non-hydrogen) atoms. The third kappa shape index (κ3) is 2.35. The molecule has 0 spiro atoms. The van der Waals surface area contributed by atoms with Crippen molar-refractivity contribution in [3.8, 4) is 0 Å². The summed E-state index contributed by atoms with van der Waals surface area (Å²) in [5, 5.41) is 14.3. The quantitative estimate of drug-likeness (QED) is 0.795. The van der Waals surface area contributed by atoms with Crippen molar-refractivity contribution in [1.82, 2.24) is 14.2 Å². The van der Waals surface area contributed by atoms with E-state index in [1.807, 2.05) is 0 Å². The van der Waals surface area contributed by atoms with Crippen molar-refractivity contribution in [2.45, 2.75) is 6.54 Å². The number of carboxylic acid groups (broad SMARTS) is 1. The van der Waals surface area contributed by atoms with Gasteiger partial charge in [-0.25, -0.2) is 13.6 Å². The Hall–Kier alpha value is -2.68. The van der Waals surface area contributed by atoms with Gasteiger partial charge in [0.15, 0.2) is 11.6 Å². The third-order valence-electron chi connectivity index (χ3n) is 3.09. The summed E-state index contributed by atoms with van der Waals surface area (Å²) < 4.78 is 31.8. The molecular formula is C13H7F2N3O3S. The standard InChI is InChI=1S/C13H7F2N3O3S/c14-9-1-7-11(2-10(9)15)18(3-6-5-22-17-16-6)4-8(12(7)19)13(20)21/h1-2,4-5H,3H2,(H,20,21). The second-order valence-corrected chi connectivity index (χ2v) is 5.09. The van der Waals surface area contributed by atoms with E-state index in [4.69, 9.17) is 5.11 Å². The number of hydrogen-bond acceptors (Lipinski definition) is 5. The van der Waals surface area contributed by atoms with Crippen LogP contribution in [0.5, 0.6) is 0 Å². The van der Waals surface area contributed by atoms with Crippen LogP contribution < -0.4 is 5.43 Å². The van der Waals surface area contributed by atoms with Crippen molar-refractivity contribution in [3.05, 3.63) is 56.8 Å².